The van der Waals surface area contributed by atoms with Crippen molar-refractivity contribution in [2.45, 2.75) is 11.4 Å². The van der Waals surface area contributed by atoms with Gasteiger partial charge in [0.25, 0.3) is 0 Å². The molecule has 5 rings (SSSR count). The predicted molar refractivity (Wildman–Crippen MR) is 126 cm³/mol. The van der Waals surface area contributed by atoms with E-state index in [0.29, 0.717) is 17.9 Å². The number of halogens is 2. The zero-order valence-corrected chi connectivity index (χ0v) is 17.8. The number of hydrogen-bond donors (Lipinski definition) is 3. The second-order valence-corrected chi connectivity index (χ2v) is 8.62. The van der Waals surface area contributed by atoms with Gasteiger partial charge >= 0.3 is 6.03 Å². The second-order valence-electron chi connectivity index (χ2n) is 7.48. The Kier molecular flexibility index (Phi) is 5.45. The second kappa shape index (κ2) is 8.55. The number of para-hydroxylation sites is 1. The number of H-pyrrole nitrogens is 1. The number of nitrogens with zero attached hydrogens (tertiary/aromatic N) is 1. The highest BCUT2D eigenvalue weighted by molar-refractivity contribution is 7.99. The highest BCUT2D eigenvalue weighted by Crippen LogP contribution is 2.38. The molecule has 5 nitrogen and oxygen atoms in total. The molecule has 0 bridgehead atoms. The normalized spacial score (nSPS) is 13.1. The van der Waals surface area contributed by atoms with Crippen LogP contribution in [0.4, 0.5) is 30.6 Å². The molecule has 32 heavy (non-hydrogen) atoms. The van der Waals surface area contributed by atoms with Crippen molar-refractivity contribution in [3.63, 3.8) is 0 Å². The van der Waals surface area contributed by atoms with Gasteiger partial charge in [-0.15, -0.1) is 11.8 Å². The third-order valence-electron chi connectivity index (χ3n) is 5.43. The Hall–Kier alpha value is -3.52. The standard InChI is InChI=1S/C24H20F2N4OS/c25-18-5-3-6-19(26)17(18)14-30-10-11-32-23-12-15(8-9-22(23)30)28-24(31)29-21-13-27-20-7-2-1-4-16(20)21/h1-9,12-13,27H,10-11,14H2,(H2,28,29,31). The van der Waals surface area contributed by atoms with E-state index in [1.807, 2.05) is 41.3 Å². The number of benzene rings is 3. The van der Waals surface area contributed by atoms with Crippen LogP contribution in [0.15, 0.2) is 71.8 Å². The molecule has 0 saturated carbocycles. The number of amides is 2. The highest BCUT2D eigenvalue weighted by atomic mass is 32.2. The summed E-state index contributed by atoms with van der Waals surface area (Å²) >= 11 is 1.65. The van der Waals surface area contributed by atoms with Gasteiger partial charge in [0, 0.05) is 52.1 Å². The summed E-state index contributed by atoms with van der Waals surface area (Å²) in [6.45, 7) is 0.832. The molecule has 1 aliphatic rings. The van der Waals surface area contributed by atoms with Crippen LogP contribution in [0.2, 0.25) is 0 Å². The molecular weight excluding hydrogens is 430 g/mol. The van der Waals surface area contributed by atoms with E-state index >= 15 is 0 Å². The van der Waals surface area contributed by atoms with Crippen molar-refractivity contribution in [1.82, 2.24) is 4.98 Å². The lowest BCUT2D eigenvalue weighted by molar-refractivity contribution is 0.262. The van der Waals surface area contributed by atoms with Crippen molar-refractivity contribution < 1.29 is 13.6 Å². The Balaban J connectivity index is 1.31. The van der Waals surface area contributed by atoms with E-state index in [-0.39, 0.29) is 18.1 Å². The Morgan fingerprint density at radius 2 is 1.84 bits per heavy atom. The van der Waals surface area contributed by atoms with Crippen LogP contribution < -0.4 is 15.5 Å². The maximum Gasteiger partial charge on any atom is 0.323 e. The minimum absolute atomic E-state index is 0.0608. The summed E-state index contributed by atoms with van der Waals surface area (Å²) in [5, 5.41) is 6.66. The lowest BCUT2D eigenvalue weighted by Crippen LogP contribution is -2.29. The van der Waals surface area contributed by atoms with Gasteiger partial charge in [0.05, 0.1) is 11.4 Å². The Morgan fingerprint density at radius 3 is 2.69 bits per heavy atom. The van der Waals surface area contributed by atoms with Gasteiger partial charge in [-0.25, -0.2) is 13.6 Å². The van der Waals surface area contributed by atoms with Crippen LogP contribution in [0.1, 0.15) is 5.56 Å². The van der Waals surface area contributed by atoms with Gasteiger partial charge in [-0.05, 0) is 36.4 Å². The first-order chi connectivity index (χ1) is 15.6. The van der Waals surface area contributed by atoms with Crippen LogP contribution in [-0.4, -0.2) is 23.3 Å². The zero-order valence-electron chi connectivity index (χ0n) is 17.0. The molecule has 0 unspecified atom stereocenters. The van der Waals surface area contributed by atoms with Crippen LogP contribution in [0, 0.1) is 11.6 Å². The summed E-state index contributed by atoms with van der Waals surface area (Å²) in [7, 11) is 0. The Labute approximate surface area is 187 Å². The van der Waals surface area contributed by atoms with Crippen molar-refractivity contribution in [3.05, 3.63) is 84.1 Å². The smallest absolute Gasteiger partial charge is 0.323 e. The van der Waals surface area contributed by atoms with Crippen LogP contribution in [0.5, 0.6) is 0 Å². The van der Waals surface area contributed by atoms with Crippen molar-refractivity contribution in [2.75, 3.05) is 27.8 Å². The van der Waals surface area contributed by atoms with Crippen LogP contribution in [-0.2, 0) is 6.54 Å². The van der Waals surface area contributed by atoms with Crippen LogP contribution >= 0.6 is 11.8 Å². The van der Waals surface area contributed by atoms with E-state index < -0.39 is 11.6 Å². The number of thioether (sulfide) groups is 1. The van der Waals surface area contributed by atoms with E-state index in [0.717, 1.165) is 27.2 Å². The minimum Gasteiger partial charge on any atom is -0.365 e. The summed E-state index contributed by atoms with van der Waals surface area (Å²) in [5.74, 6) is -0.303. The number of hydrogen-bond acceptors (Lipinski definition) is 3. The maximum atomic E-state index is 14.1. The summed E-state index contributed by atoms with van der Waals surface area (Å²) in [5.41, 5.74) is 3.24. The third kappa shape index (κ3) is 4.01. The number of anilines is 3. The number of fused-ring (bicyclic) bond motifs is 2. The molecule has 3 aromatic carbocycles. The van der Waals surface area contributed by atoms with E-state index in [4.69, 9.17) is 0 Å². The first-order valence-electron chi connectivity index (χ1n) is 10.2. The van der Waals surface area contributed by atoms with E-state index in [1.54, 1.807) is 24.0 Å². The minimum atomic E-state index is -0.544. The SMILES string of the molecule is O=C(Nc1ccc2c(c1)SCCN2Cc1c(F)cccc1F)Nc1c[nH]c2ccccc12. The van der Waals surface area contributed by atoms with Gasteiger partial charge in [0.15, 0.2) is 0 Å². The number of aromatic nitrogens is 1. The molecule has 0 spiro atoms. The molecule has 2 amide bonds. The molecule has 0 radical (unpaired) electrons. The Morgan fingerprint density at radius 1 is 1.03 bits per heavy atom. The quantitative estimate of drug-likeness (QED) is 0.347. The first kappa shape index (κ1) is 20.4. The van der Waals surface area contributed by atoms with Crippen LogP contribution in [0.3, 0.4) is 0 Å². The molecule has 0 atom stereocenters. The molecule has 0 saturated heterocycles. The van der Waals surface area contributed by atoms with Gasteiger partial charge in [-0.1, -0.05) is 24.3 Å². The van der Waals surface area contributed by atoms with Crippen molar-refractivity contribution in [3.8, 4) is 0 Å². The van der Waals surface area contributed by atoms with Gasteiger partial charge in [-0.3, -0.25) is 0 Å². The van der Waals surface area contributed by atoms with Crippen molar-refractivity contribution in [2.24, 2.45) is 0 Å². The monoisotopic (exact) mass is 450 g/mol. The molecule has 162 valence electrons. The average Bonchev–Trinajstić information content (AvgIpc) is 3.19. The largest absolute Gasteiger partial charge is 0.365 e. The van der Waals surface area contributed by atoms with E-state index in [1.165, 1.54) is 18.2 Å². The summed E-state index contributed by atoms with van der Waals surface area (Å²) in [4.78, 5) is 18.6. The lowest BCUT2D eigenvalue weighted by atomic mass is 10.1. The van der Waals surface area contributed by atoms with Gasteiger partial charge in [0.1, 0.15) is 11.6 Å². The van der Waals surface area contributed by atoms with Crippen molar-refractivity contribution >= 4 is 45.8 Å². The lowest BCUT2D eigenvalue weighted by Gasteiger charge is -2.31. The number of urea groups is 1. The molecule has 1 aliphatic heterocycles. The fourth-order valence-electron chi connectivity index (χ4n) is 3.85. The maximum absolute atomic E-state index is 14.1. The Bertz CT molecular complexity index is 1290. The zero-order chi connectivity index (χ0) is 22.1. The van der Waals surface area contributed by atoms with Gasteiger partial charge < -0.3 is 20.5 Å². The number of rotatable bonds is 4. The molecule has 2 heterocycles. The average molecular weight is 451 g/mol. The fourth-order valence-corrected chi connectivity index (χ4v) is 4.94. The summed E-state index contributed by atoms with van der Waals surface area (Å²) in [6.07, 6.45) is 1.76. The number of nitrogens with one attached hydrogen (secondary N) is 3. The molecular formula is C24H20F2N4OS. The molecule has 4 aromatic rings. The van der Waals surface area contributed by atoms with E-state index in [9.17, 15) is 13.6 Å². The molecule has 3 N–H and O–H groups in total. The highest BCUT2D eigenvalue weighted by Gasteiger charge is 2.21. The van der Waals surface area contributed by atoms with E-state index in [2.05, 4.69) is 15.6 Å². The molecule has 0 fully saturated rings. The number of carbonyl (C=O) groups is 1. The fraction of sp³-hybridized carbons (Fsp3) is 0.125. The topological polar surface area (TPSA) is 60.2 Å². The van der Waals surface area contributed by atoms with Crippen molar-refractivity contribution in [1.29, 1.82) is 0 Å². The molecule has 1 aromatic heterocycles. The number of aromatic amines is 1. The van der Waals surface area contributed by atoms with Crippen LogP contribution in [0.25, 0.3) is 10.9 Å². The third-order valence-corrected chi connectivity index (χ3v) is 6.45. The predicted octanol–water partition coefficient (Wildman–Crippen LogP) is 6.20. The molecule has 0 aliphatic carbocycles. The summed E-state index contributed by atoms with van der Waals surface area (Å²) in [6, 6.07) is 16.9. The number of carbonyl (C=O) groups excluding carboxylic acids is 1. The van der Waals surface area contributed by atoms with Gasteiger partial charge in [0.2, 0.25) is 0 Å². The molecule has 8 heteroatoms. The van der Waals surface area contributed by atoms with Gasteiger partial charge in [-0.2, -0.15) is 0 Å². The first-order valence-corrected chi connectivity index (χ1v) is 11.2. The summed E-state index contributed by atoms with van der Waals surface area (Å²) < 4.78 is 28.2.